The monoisotopic (exact) mass is 451 g/mol. The van der Waals surface area contributed by atoms with Crippen molar-refractivity contribution in [1.82, 2.24) is 20.1 Å². The number of rotatable bonds is 6. The Morgan fingerprint density at radius 1 is 1.39 bits per heavy atom. The highest BCUT2D eigenvalue weighted by atomic mass is 32.1. The van der Waals surface area contributed by atoms with Crippen LogP contribution in [0.5, 0.6) is 0 Å². The van der Waals surface area contributed by atoms with Gasteiger partial charge >= 0.3 is 6.18 Å². The van der Waals surface area contributed by atoms with E-state index in [4.69, 9.17) is 0 Å². The first-order valence-electron chi connectivity index (χ1n) is 10.9. The maximum Gasteiger partial charge on any atom is 0.410 e. The van der Waals surface area contributed by atoms with E-state index in [0.29, 0.717) is 35.2 Å². The highest BCUT2D eigenvalue weighted by Gasteiger charge is 2.57. The number of allylic oxidation sites excluding steroid dienone is 1. The van der Waals surface area contributed by atoms with Crippen molar-refractivity contribution in [2.75, 3.05) is 19.6 Å². The average molecular weight is 452 g/mol. The minimum absolute atomic E-state index is 0.171. The molecule has 4 atom stereocenters. The zero-order valence-electron chi connectivity index (χ0n) is 17.9. The summed E-state index contributed by atoms with van der Waals surface area (Å²) >= 11 is 1.48. The van der Waals surface area contributed by atoms with Crippen LogP contribution in [0.15, 0.2) is 34.7 Å². The van der Waals surface area contributed by atoms with E-state index >= 15 is 0 Å². The molecule has 0 spiro atoms. The molecular formula is C22H28F3N5S. The summed E-state index contributed by atoms with van der Waals surface area (Å²) in [5.41, 5.74) is 3.70. The lowest BCUT2D eigenvalue weighted by Crippen LogP contribution is -2.45. The summed E-state index contributed by atoms with van der Waals surface area (Å²) < 4.78 is 41.6. The number of aliphatic imine (C=N–C) groups is 1. The molecule has 2 aliphatic heterocycles. The Bertz CT molecular complexity index is 951. The van der Waals surface area contributed by atoms with Crippen molar-refractivity contribution < 1.29 is 13.2 Å². The van der Waals surface area contributed by atoms with Crippen LogP contribution in [-0.2, 0) is 6.42 Å². The van der Waals surface area contributed by atoms with Crippen LogP contribution in [0.2, 0.25) is 0 Å². The number of halogens is 3. The molecule has 168 valence electrons. The van der Waals surface area contributed by atoms with Crippen molar-refractivity contribution in [1.29, 1.82) is 0 Å². The van der Waals surface area contributed by atoms with Crippen LogP contribution in [0.1, 0.15) is 36.8 Å². The topological polar surface area (TPSA) is 43.8 Å². The standard InChI is InChI=1S/C22H28F3N5S/c1-13-8-19(26-10-15-4-6-21(3)9-16(15)21)28-20-29(7-5-17-14(2)27-12-31-17)18(11-30(13)20)22(23,24)25/h8,12,15-16,18,26H,1,4-7,9-11H2,2-3H3/t15-,16?,18+,21?/m1/s1. The Kier molecular flexibility index (Phi) is 4.88. The van der Waals surface area contributed by atoms with Crippen LogP contribution >= 0.6 is 11.3 Å². The molecule has 31 heavy (non-hydrogen) atoms. The molecular weight excluding hydrogens is 423 g/mol. The number of thiazole rings is 1. The molecule has 2 aliphatic carbocycles. The van der Waals surface area contributed by atoms with E-state index in [1.807, 2.05) is 6.92 Å². The van der Waals surface area contributed by atoms with Gasteiger partial charge in [0.15, 0.2) is 0 Å². The predicted octanol–water partition coefficient (Wildman–Crippen LogP) is 4.29. The highest BCUT2D eigenvalue weighted by molar-refractivity contribution is 7.09. The lowest BCUT2D eigenvalue weighted by Gasteiger charge is -2.29. The molecule has 4 aliphatic rings. The Balaban J connectivity index is 1.33. The lowest BCUT2D eigenvalue weighted by molar-refractivity contribution is -0.168. The maximum absolute atomic E-state index is 13.9. The summed E-state index contributed by atoms with van der Waals surface area (Å²) in [6.07, 6.45) is 1.73. The molecule has 1 aromatic heterocycles. The van der Waals surface area contributed by atoms with Crippen molar-refractivity contribution in [3.63, 3.8) is 0 Å². The highest BCUT2D eigenvalue weighted by Crippen LogP contribution is 2.65. The van der Waals surface area contributed by atoms with E-state index in [1.165, 1.54) is 35.5 Å². The van der Waals surface area contributed by atoms with Crippen molar-refractivity contribution in [2.45, 2.75) is 51.7 Å². The van der Waals surface area contributed by atoms with Gasteiger partial charge in [-0.15, -0.1) is 11.3 Å². The molecule has 2 saturated carbocycles. The van der Waals surface area contributed by atoms with Gasteiger partial charge < -0.3 is 15.1 Å². The summed E-state index contributed by atoms with van der Waals surface area (Å²) in [5.74, 6) is 2.36. The molecule has 1 saturated heterocycles. The van der Waals surface area contributed by atoms with Crippen LogP contribution in [0.25, 0.3) is 0 Å². The quantitative estimate of drug-likeness (QED) is 0.701. The molecule has 9 heteroatoms. The average Bonchev–Trinajstić information content (AvgIpc) is 3.01. The molecule has 0 bridgehead atoms. The van der Waals surface area contributed by atoms with Gasteiger partial charge in [0.2, 0.25) is 5.96 Å². The Morgan fingerprint density at radius 3 is 2.81 bits per heavy atom. The first kappa shape index (κ1) is 20.8. The molecule has 1 aromatic rings. The zero-order chi connectivity index (χ0) is 22.0. The molecule has 3 heterocycles. The normalized spacial score (nSPS) is 32.0. The van der Waals surface area contributed by atoms with Crippen LogP contribution in [0.4, 0.5) is 13.2 Å². The van der Waals surface area contributed by atoms with Crippen molar-refractivity contribution >= 4 is 17.3 Å². The van der Waals surface area contributed by atoms with Gasteiger partial charge in [-0.2, -0.15) is 18.2 Å². The molecule has 0 aromatic carbocycles. The van der Waals surface area contributed by atoms with Crippen LogP contribution < -0.4 is 5.32 Å². The van der Waals surface area contributed by atoms with E-state index in [1.54, 1.807) is 16.5 Å². The van der Waals surface area contributed by atoms with Crippen LogP contribution in [-0.4, -0.2) is 52.6 Å². The molecule has 5 nitrogen and oxygen atoms in total. The number of alkyl halides is 3. The number of nitrogens with zero attached hydrogens (tertiary/aromatic N) is 4. The number of hydrogen-bond donors (Lipinski definition) is 1. The summed E-state index contributed by atoms with van der Waals surface area (Å²) in [6.45, 7) is 9.16. The minimum Gasteiger partial charge on any atom is -0.370 e. The van der Waals surface area contributed by atoms with Crippen LogP contribution in [0, 0.1) is 24.2 Å². The third kappa shape index (κ3) is 3.75. The zero-order valence-corrected chi connectivity index (χ0v) is 18.7. The molecule has 5 rings (SSSR count). The van der Waals surface area contributed by atoms with Crippen molar-refractivity contribution in [2.24, 2.45) is 22.2 Å². The van der Waals surface area contributed by atoms with Gasteiger partial charge in [-0.1, -0.05) is 13.5 Å². The summed E-state index contributed by atoms with van der Waals surface area (Å²) in [5, 5.41) is 3.40. The fourth-order valence-corrected chi connectivity index (χ4v) is 6.24. The van der Waals surface area contributed by atoms with Gasteiger partial charge in [-0.25, -0.2) is 4.98 Å². The molecule has 1 N–H and O–H groups in total. The van der Waals surface area contributed by atoms with Crippen molar-refractivity contribution in [3.05, 3.63) is 40.3 Å². The fraction of sp³-hybridized carbons (Fsp3) is 0.636. The lowest BCUT2D eigenvalue weighted by atomic mass is 10.0. The Labute approximate surface area is 184 Å². The number of nitrogens with one attached hydrogen (secondary N) is 1. The SMILES string of the molecule is C=C1C=C(NC[C@H]2CCC3(C)CC23)N=C2N1C[C@@H](C(F)(F)F)N2CCc1scnc1C. The summed E-state index contributed by atoms with van der Waals surface area (Å²) in [7, 11) is 0. The molecule has 3 fully saturated rings. The fourth-order valence-electron chi connectivity index (χ4n) is 5.47. The molecule has 0 radical (unpaired) electrons. The molecule has 2 unspecified atom stereocenters. The smallest absolute Gasteiger partial charge is 0.370 e. The van der Waals surface area contributed by atoms with E-state index in [0.717, 1.165) is 23.0 Å². The van der Waals surface area contributed by atoms with Gasteiger partial charge in [0, 0.05) is 36.2 Å². The van der Waals surface area contributed by atoms with Gasteiger partial charge in [0.1, 0.15) is 11.9 Å². The number of aryl methyl sites for hydroxylation is 1. The third-order valence-corrected chi connectivity index (χ3v) is 8.52. The second kappa shape index (κ2) is 7.25. The Morgan fingerprint density at radius 2 is 2.19 bits per heavy atom. The van der Waals surface area contributed by atoms with Crippen LogP contribution in [0.3, 0.4) is 0 Å². The second-order valence-electron chi connectivity index (χ2n) is 9.55. The predicted molar refractivity (Wildman–Crippen MR) is 115 cm³/mol. The van der Waals surface area contributed by atoms with Gasteiger partial charge in [0.05, 0.1) is 17.7 Å². The van der Waals surface area contributed by atoms with E-state index in [2.05, 4.69) is 28.8 Å². The van der Waals surface area contributed by atoms with E-state index in [9.17, 15) is 13.2 Å². The number of fused-ring (bicyclic) bond motifs is 2. The Hall–Kier alpha value is -2.03. The van der Waals surface area contributed by atoms with Gasteiger partial charge in [-0.3, -0.25) is 0 Å². The number of guanidine groups is 1. The first-order valence-corrected chi connectivity index (χ1v) is 11.8. The molecule has 0 amide bonds. The van der Waals surface area contributed by atoms with Crippen molar-refractivity contribution in [3.8, 4) is 0 Å². The van der Waals surface area contributed by atoms with E-state index in [-0.39, 0.29) is 13.1 Å². The number of aromatic nitrogens is 1. The summed E-state index contributed by atoms with van der Waals surface area (Å²) in [4.78, 5) is 12.8. The van der Waals surface area contributed by atoms with Gasteiger partial charge in [-0.05, 0) is 43.4 Å². The third-order valence-electron chi connectivity index (χ3n) is 7.52. The summed E-state index contributed by atoms with van der Waals surface area (Å²) in [6, 6.07) is -1.59. The largest absolute Gasteiger partial charge is 0.410 e. The minimum atomic E-state index is -4.34. The van der Waals surface area contributed by atoms with Gasteiger partial charge in [0.25, 0.3) is 0 Å². The first-order chi connectivity index (χ1) is 14.7. The number of hydrogen-bond acceptors (Lipinski definition) is 6. The van der Waals surface area contributed by atoms with E-state index < -0.39 is 12.2 Å². The maximum atomic E-state index is 13.9. The second-order valence-corrected chi connectivity index (χ2v) is 10.5.